The summed E-state index contributed by atoms with van der Waals surface area (Å²) in [7, 11) is -3.78. The quantitative estimate of drug-likeness (QED) is 0.798. The van der Waals surface area contributed by atoms with Crippen LogP contribution >= 0.6 is 11.6 Å². The van der Waals surface area contributed by atoms with Crippen LogP contribution in [0.15, 0.2) is 53.4 Å². The van der Waals surface area contributed by atoms with E-state index in [0.717, 1.165) is 5.56 Å². The van der Waals surface area contributed by atoms with Crippen LogP contribution in [0.5, 0.6) is 0 Å². The van der Waals surface area contributed by atoms with Gasteiger partial charge >= 0.3 is 0 Å². The fourth-order valence-electron chi connectivity index (χ4n) is 1.77. The molecule has 3 nitrogen and oxygen atoms in total. The Kier molecular flexibility index (Phi) is 4.48. The molecule has 106 valence electrons. The molecule has 0 heterocycles. The predicted molar refractivity (Wildman–Crippen MR) is 79.3 cm³/mol. The molecule has 2 aromatic carbocycles. The minimum Gasteiger partial charge on any atom is -0.258 e. The van der Waals surface area contributed by atoms with Gasteiger partial charge in [0.15, 0.2) is 0 Å². The molecular weight excluding hydrogens is 296 g/mol. The first kappa shape index (κ1) is 15.0. The second kappa shape index (κ2) is 5.95. The first-order chi connectivity index (χ1) is 9.38. The lowest BCUT2D eigenvalue weighted by molar-refractivity contribution is 0.234. The largest absolute Gasteiger partial charge is 0.297 e. The van der Waals surface area contributed by atoms with E-state index in [2.05, 4.69) is 0 Å². The lowest BCUT2D eigenvalue weighted by Gasteiger charge is -2.13. The Morgan fingerprint density at radius 1 is 1.10 bits per heavy atom. The maximum Gasteiger partial charge on any atom is 0.297 e. The molecule has 0 aliphatic rings. The smallest absolute Gasteiger partial charge is 0.258 e. The summed E-state index contributed by atoms with van der Waals surface area (Å²) in [4.78, 5) is 0.150. The van der Waals surface area contributed by atoms with E-state index in [0.29, 0.717) is 10.6 Å². The first-order valence-corrected chi connectivity index (χ1v) is 7.92. The Balaban J connectivity index is 2.22. The Bertz CT molecular complexity index is 693. The molecule has 0 aromatic heterocycles. The molecule has 0 N–H and O–H groups in total. The van der Waals surface area contributed by atoms with Crippen LogP contribution in [-0.4, -0.2) is 8.42 Å². The predicted octanol–water partition coefficient (Wildman–Crippen LogP) is 4.11. The highest BCUT2D eigenvalue weighted by atomic mass is 35.5. The first-order valence-electron chi connectivity index (χ1n) is 6.14. The molecular formula is C15H15ClO3S. The van der Waals surface area contributed by atoms with Gasteiger partial charge in [0, 0.05) is 5.02 Å². The number of aryl methyl sites for hydroxylation is 1. The Hall–Kier alpha value is -1.36. The Morgan fingerprint density at radius 3 is 2.35 bits per heavy atom. The molecule has 0 bridgehead atoms. The molecule has 0 radical (unpaired) electrons. The van der Waals surface area contributed by atoms with Crippen molar-refractivity contribution in [3.8, 4) is 0 Å². The topological polar surface area (TPSA) is 43.4 Å². The maximum atomic E-state index is 12.2. The fourth-order valence-corrected chi connectivity index (χ4v) is 3.04. The van der Waals surface area contributed by atoms with Gasteiger partial charge in [0.2, 0.25) is 0 Å². The summed E-state index contributed by atoms with van der Waals surface area (Å²) in [6.45, 7) is 3.57. The Morgan fingerprint density at radius 2 is 1.75 bits per heavy atom. The summed E-state index contributed by atoms with van der Waals surface area (Å²) in [5, 5.41) is 0.547. The average Bonchev–Trinajstić information content (AvgIpc) is 2.38. The zero-order valence-corrected chi connectivity index (χ0v) is 12.8. The highest BCUT2D eigenvalue weighted by Crippen LogP contribution is 2.25. The van der Waals surface area contributed by atoms with Gasteiger partial charge in [-0.3, -0.25) is 4.18 Å². The summed E-state index contributed by atoms with van der Waals surface area (Å²) in [5.41, 5.74) is 1.71. The van der Waals surface area contributed by atoms with Crippen LogP contribution in [0.4, 0.5) is 0 Å². The summed E-state index contributed by atoms with van der Waals surface area (Å²) in [5.74, 6) is 0. The van der Waals surface area contributed by atoms with Gasteiger partial charge in [0.05, 0.1) is 11.0 Å². The van der Waals surface area contributed by atoms with Crippen molar-refractivity contribution in [3.05, 3.63) is 64.7 Å². The molecule has 0 saturated carbocycles. The molecule has 0 spiro atoms. The van der Waals surface area contributed by atoms with Crippen molar-refractivity contribution in [2.75, 3.05) is 0 Å². The molecule has 2 rings (SSSR count). The third kappa shape index (κ3) is 3.60. The lowest BCUT2D eigenvalue weighted by Crippen LogP contribution is -2.10. The molecule has 2 aromatic rings. The summed E-state index contributed by atoms with van der Waals surface area (Å²) in [6.07, 6.45) is -0.597. The molecule has 0 saturated heterocycles. The van der Waals surface area contributed by atoms with Crippen LogP contribution in [0, 0.1) is 6.92 Å². The van der Waals surface area contributed by atoms with E-state index in [1.165, 1.54) is 12.1 Å². The minimum atomic E-state index is -3.78. The van der Waals surface area contributed by atoms with Crippen molar-refractivity contribution in [1.29, 1.82) is 0 Å². The van der Waals surface area contributed by atoms with E-state index in [9.17, 15) is 8.42 Å². The van der Waals surface area contributed by atoms with E-state index < -0.39 is 16.2 Å². The number of rotatable bonds is 4. The molecule has 5 heteroatoms. The third-order valence-corrected chi connectivity index (χ3v) is 4.53. The van der Waals surface area contributed by atoms with E-state index in [4.69, 9.17) is 15.8 Å². The minimum absolute atomic E-state index is 0.150. The fraction of sp³-hybridized carbons (Fsp3) is 0.200. The number of hydrogen-bond acceptors (Lipinski definition) is 3. The summed E-state index contributed by atoms with van der Waals surface area (Å²) in [6, 6.07) is 13.5. The van der Waals surface area contributed by atoms with Crippen molar-refractivity contribution in [1.82, 2.24) is 0 Å². The van der Waals surface area contributed by atoms with Crippen LogP contribution in [0.2, 0.25) is 5.02 Å². The molecule has 0 fully saturated rings. The Labute approximate surface area is 124 Å². The van der Waals surface area contributed by atoms with Crippen LogP contribution in [0.1, 0.15) is 24.2 Å². The van der Waals surface area contributed by atoms with Crippen molar-refractivity contribution in [3.63, 3.8) is 0 Å². The number of halogens is 1. The van der Waals surface area contributed by atoms with Crippen LogP contribution < -0.4 is 0 Å². The van der Waals surface area contributed by atoms with Crippen LogP contribution in [-0.2, 0) is 14.3 Å². The zero-order valence-electron chi connectivity index (χ0n) is 11.2. The van der Waals surface area contributed by atoms with Gasteiger partial charge in [0.25, 0.3) is 10.1 Å². The standard InChI is InChI=1S/C15H15ClO3S/c1-11-6-8-15(9-7-11)20(17,18)19-12(2)13-4-3-5-14(16)10-13/h3-10,12H,1-2H3. The number of benzene rings is 2. The van der Waals surface area contributed by atoms with Gasteiger partial charge in [0.1, 0.15) is 0 Å². The molecule has 1 atom stereocenters. The molecule has 0 aliphatic heterocycles. The van der Waals surface area contributed by atoms with Gasteiger partial charge in [-0.25, -0.2) is 0 Å². The van der Waals surface area contributed by atoms with Crippen LogP contribution in [0.3, 0.4) is 0 Å². The van der Waals surface area contributed by atoms with Crippen molar-refractivity contribution in [2.45, 2.75) is 24.8 Å². The summed E-state index contributed by atoms with van der Waals surface area (Å²) >= 11 is 5.89. The highest BCUT2D eigenvalue weighted by Gasteiger charge is 2.20. The van der Waals surface area contributed by atoms with Gasteiger partial charge in [-0.05, 0) is 43.7 Å². The normalized spacial score (nSPS) is 13.2. The zero-order chi connectivity index (χ0) is 14.8. The number of hydrogen-bond donors (Lipinski definition) is 0. The third-order valence-electron chi connectivity index (χ3n) is 2.90. The SMILES string of the molecule is Cc1ccc(S(=O)(=O)OC(C)c2cccc(Cl)c2)cc1. The highest BCUT2D eigenvalue weighted by molar-refractivity contribution is 7.86. The van der Waals surface area contributed by atoms with Gasteiger partial charge in [-0.1, -0.05) is 41.4 Å². The van der Waals surface area contributed by atoms with E-state index >= 15 is 0 Å². The van der Waals surface area contributed by atoms with Crippen molar-refractivity contribution in [2.24, 2.45) is 0 Å². The van der Waals surface area contributed by atoms with E-state index in [-0.39, 0.29) is 4.90 Å². The molecule has 0 aliphatic carbocycles. The van der Waals surface area contributed by atoms with E-state index in [1.807, 2.05) is 6.92 Å². The second-order valence-corrected chi connectivity index (χ2v) is 6.57. The lowest BCUT2D eigenvalue weighted by atomic mass is 10.1. The van der Waals surface area contributed by atoms with Crippen LogP contribution in [0.25, 0.3) is 0 Å². The van der Waals surface area contributed by atoms with Crippen molar-refractivity contribution < 1.29 is 12.6 Å². The van der Waals surface area contributed by atoms with Gasteiger partial charge < -0.3 is 0 Å². The average molecular weight is 311 g/mol. The molecule has 0 amide bonds. The monoisotopic (exact) mass is 310 g/mol. The van der Waals surface area contributed by atoms with Gasteiger partial charge in [-0.2, -0.15) is 8.42 Å². The second-order valence-electron chi connectivity index (χ2n) is 4.56. The molecule has 1 unspecified atom stereocenters. The summed E-state index contributed by atoms with van der Waals surface area (Å²) < 4.78 is 29.5. The van der Waals surface area contributed by atoms with Crippen molar-refractivity contribution >= 4 is 21.7 Å². The van der Waals surface area contributed by atoms with Gasteiger partial charge in [-0.15, -0.1) is 0 Å². The van der Waals surface area contributed by atoms with E-state index in [1.54, 1.807) is 43.3 Å². The maximum absolute atomic E-state index is 12.2. The molecule has 20 heavy (non-hydrogen) atoms.